The van der Waals surface area contributed by atoms with Crippen LogP contribution in [-0.2, 0) is 0 Å². The third-order valence-corrected chi connectivity index (χ3v) is 11.4. The summed E-state index contributed by atoms with van der Waals surface area (Å²) in [5.74, 6) is -1.03. The number of ketones is 4. The van der Waals surface area contributed by atoms with Gasteiger partial charge < -0.3 is 46.4 Å². The molecule has 2 aromatic heterocycles. The molecule has 19 heteroatoms. The lowest BCUT2D eigenvalue weighted by atomic mass is 9.75. The van der Waals surface area contributed by atoms with Crippen LogP contribution in [0.25, 0.3) is 11.1 Å². The minimum atomic E-state index is -0.559. The van der Waals surface area contributed by atoms with Crippen LogP contribution >= 0.6 is 0 Å². The first kappa shape index (κ1) is 46.8. The number of hydrogen-bond donors (Lipinski definition) is 6. The largest absolute Gasteiger partial charge is 0.479 e. The molecule has 68 heavy (non-hydrogen) atoms. The highest BCUT2D eigenvalue weighted by molar-refractivity contribution is 6.35. The number of nitrogens with one attached hydrogen (secondary N) is 5. The van der Waals surface area contributed by atoms with Gasteiger partial charge in [0.25, 0.3) is 0 Å². The first-order valence-electron chi connectivity index (χ1n) is 22.4. The fourth-order valence-corrected chi connectivity index (χ4v) is 8.22. The fourth-order valence-electron chi connectivity index (χ4n) is 8.22. The average molecular weight is 919 g/mol. The number of carbonyl (C=O) groups is 4. The number of nitrogens with zero attached hydrogens (tertiary/aromatic N) is 9. The van der Waals surface area contributed by atoms with Gasteiger partial charge in [0.2, 0.25) is 29.7 Å². The monoisotopic (exact) mass is 918 g/mol. The van der Waals surface area contributed by atoms with Crippen LogP contribution in [0.1, 0.15) is 82.9 Å². The number of fused-ring (bicyclic) bond motifs is 4. The van der Waals surface area contributed by atoms with Gasteiger partial charge in [0.05, 0.1) is 22.5 Å². The van der Waals surface area contributed by atoms with Crippen molar-refractivity contribution in [2.75, 3.05) is 108 Å². The van der Waals surface area contributed by atoms with Crippen molar-refractivity contribution < 1.29 is 24.3 Å². The molecule has 2 heterocycles. The molecular weight excluding hydrogens is 865 g/mol. The molecule has 0 radical (unpaired) electrons. The van der Waals surface area contributed by atoms with Gasteiger partial charge in [-0.05, 0) is 104 Å². The van der Waals surface area contributed by atoms with Crippen molar-refractivity contribution in [3.8, 4) is 17.1 Å². The summed E-state index contributed by atoms with van der Waals surface area (Å²) < 4.78 is 0. The molecule has 2 aliphatic carbocycles. The zero-order valence-corrected chi connectivity index (χ0v) is 38.9. The zero-order valence-electron chi connectivity index (χ0n) is 38.9. The molecule has 350 valence electrons. The summed E-state index contributed by atoms with van der Waals surface area (Å²) in [6.45, 7) is 4.21. The van der Waals surface area contributed by atoms with E-state index in [1.807, 2.05) is 47.2 Å². The van der Waals surface area contributed by atoms with Crippen molar-refractivity contribution in [2.24, 2.45) is 0 Å². The Hall–Kier alpha value is -7.74. The molecule has 6 aromatic rings. The maximum atomic E-state index is 14.9. The summed E-state index contributed by atoms with van der Waals surface area (Å²) in [6.07, 6.45) is 2.43. The Balaban J connectivity index is 1.23. The molecule has 19 nitrogen and oxygen atoms in total. The van der Waals surface area contributed by atoms with Gasteiger partial charge in [0.15, 0.2) is 23.1 Å². The smallest absolute Gasteiger partial charge is 0.320 e. The minimum Gasteiger partial charge on any atom is -0.479 e. The van der Waals surface area contributed by atoms with Gasteiger partial charge in [-0.25, -0.2) is 0 Å². The van der Waals surface area contributed by atoms with E-state index in [2.05, 4.69) is 66.3 Å². The van der Waals surface area contributed by atoms with E-state index in [0.29, 0.717) is 31.5 Å². The summed E-state index contributed by atoms with van der Waals surface area (Å²) in [6, 6.07) is 19.1. The lowest BCUT2D eigenvalue weighted by Gasteiger charge is -2.26. The van der Waals surface area contributed by atoms with Crippen LogP contribution in [0.5, 0.6) is 6.01 Å². The Labute approximate surface area is 393 Å². The maximum absolute atomic E-state index is 14.9. The Morgan fingerprint density at radius 1 is 0.397 bits per heavy atom. The van der Waals surface area contributed by atoms with Crippen LogP contribution in [0.4, 0.5) is 41.1 Å². The van der Waals surface area contributed by atoms with Crippen LogP contribution in [0, 0.1) is 0 Å². The van der Waals surface area contributed by atoms with Crippen LogP contribution < -0.4 is 26.6 Å². The molecule has 4 aromatic carbocycles. The predicted octanol–water partition coefficient (Wildman–Crippen LogP) is 5.56. The van der Waals surface area contributed by atoms with E-state index in [4.69, 9.17) is 0 Å². The van der Waals surface area contributed by atoms with Crippen molar-refractivity contribution in [1.82, 2.24) is 44.6 Å². The molecule has 0 saturated heterocycles. The fraction of sp³-hybridized carbons (Fsp3) is 0.306. The zero-order chi connectivity index (χ0) is 48.1. The number of carbonyl (C=O) groups excluding carboxylic acids is 4. The lowest BCUT2D eigenvalue weighted by Crippen LogP contribution is -2.25. The van der Waals surface area contributed by atoms with Gasteiger partial charge in [-0.1, -0.05) is 60.7 Å². The molecule has 0 saturated carbocycles. The molecule has 0 fully saturated rings. The topological polar surface area (TPSA) is 236 Å². The summed E-state index contributed by atoms with van der Waals surface area (Å²) in [5.41, 5.74) is 1.78. The number of aromatic nitrogens is 6. The van der Waals surface area contributed by atoms with Crippen LogP contribution in [0.3, 0.4) is 0 Å². The third kappa shape index (κ3) is 10.1. The summed E-state index contributed by atoms with van der Waals surface area (Å²) in [5, 5.41) is 26.5. The highest BCUT2D eigenvalue weighted by atomic mass is 16.3. The second-order valence-electron chi connectivity index (χ2n) is 17.3. The molecule has 0 spiro atoms. The molecule has 0 atom stereocenters. The van der Waals surface area contributed by atoms with E-state index in [1.165, 1.54) is 0 Å². The molecule has 0 amide bonds. The van der Waals surface area contributed by atoms with Gasteiger partial charge in [-0.2, -0.15) is 29.9 Å². The van der Waals surface area contributed by atoms with Crippen molar-refractivity contribution in [1.29, 1.82) is 0 Å². The third-order valence-electron chi connectivity index (χ3n) is 11.4. The van der Waals surface area contributed by atoms with Crippen LogP contribution in [0.15, 0.2) is 72.8 Å². The van der Waals surface area contributed by atoms with Gasteiger partial charge >= 0.3 is 6.01 Å². The van der Waals surface area contributed by atoms with Gasteiger partial charge in [0, 0.05) is 53.0 Å². The first-order chi connectivity index (χ1) is 32.8. The minimum absolute atomic E-state index is 0.000983. The van der Waals surface area contributed by atoms with Crippen molar-refractivity contribution in [3.63, 3.8) is 0 Å². The average Bonchev–Trinajstić information content (AvgIpc) is 3.31. The SMILES string of the molecule is CN(C)CCCNc1nc(O)nc(Nc2ccc(-c3ccc(Nc4nc(NCCCN(C)C)nc(NCCCN(C)C)n4)c4c3C(=O)c3ccccc3C4=O)c3c2C(=O)c2ccccc2C3=O)n1. The molecular formula is C49H54N14O5. The summed E-state index contributed by atoms with van der Waals surface area (Å²) >= 11 is 0. The Morgan fingerprint density at radius 2 is 0.706 bits per heavy atom. The van der Waals surface area contributed by atoms with Crippen molar-refractivity contribution in [3.05, 3.63) is 117 Å². The number of rotatable bonds is 20. The molecule has 0 bridgehead atoms. The molecule has 2 aliphatic rings. The first-order valence-corrected chi connectivity index (χ1v) is 22.4. The van der Waals surface area contributed by atoms with Crippen LogP contribution in [-0.4, -0.2) is 154 Å². The second kappa shape index (κ2) is 20.4. The molecule has 0 aliphatic heterocycles. The van der Waals surface area contributed by atoms with Crippen LogP contribution in [0.2, 0.25) is 0 Å². The van der Waals surface area contributed by atoms with E-state index in [-0.39, 0.29) is 84.9 Å². The molecule has 0 unspecified atom stereocenters. The second-order valence-corrected chi connectivity index (χ2v) is 17.3. The lowest BCUT2D eigenvalue weighted by molar-refractivity contribution is 0.0978. The summed E-state index contributed by atoms with van der Waals surface area (Å²) in [4.78, 5) is 91.8. The molecule has 6 N–H and O–H groups in total. The van der Waals surface area contributed by atoms with Crippen molar-refractivity contribution in [2.45, 2.75) is 19.3 Å². The van der Waals surface area contributed by atoms with Gasteiger partial charge in [-0.3, -0.25) is 19.2 Å². The van der Waals surface area contributed by atoms with Gasteiger partial charge in [0.1, 0.15) is 0 Å². The van der Waals surface area contributed by atoms with E-state index in [1.54, 1.807) is 72.8 Å². The normalized spacial score (nSPS) is 12.8. The number of hydrogen-bond acceptors (Lipinski definition) is 19. The quantitative estimate of drug-likeness (QED) is 0.0514. The highest BCUT2D eigenvalue weighted by Gasteiger charge is 2.39. The van der Waals surface area contributed by atoms with E-state index in [0.717, 1.165) is 38.9 Å². The Morgan fingerprint density at radius 3 is 1.07 bits per heavy atom. The number of benzene rings is 4. The highest BCUT2D eigenvalue weighted by Crippen LogP contribution is 2.44. The number of aromatic hydroxyl groups is 1. The van der Waals surface area contributed by atoms with Crippen molar-refractivity contribution >= 4 is 64.2 Å². The van der Waals surface area contributed by atoms with E-state index in [9.17, 15) is 24.3 Å². The standard InChI is InChI=1S/C49H54N14O5/c1-61(2)25-11-22-50-44-55-45(51-23-12-26-62(3)4)57-47(56-44)53-34-20-18-28(36-38(34)42(66)32-16-9-7-14-30(32)40(36)64)29-19-21-35(39-37(29)41(65)31-15-8-10-17-33(31)43(39)67)54-48-58-46(59-49(68)60-48)52-24-13-27-63(5)6/h7-10,14-21H,11-13,22-27H2,1-6H3,(H3,50,51,53,55,56,57)(H3,52,54,58,59,60,68). The Kier molecular flexibility index (Phi) is 14.0. The maximum Gasteiger partial charge on any atom is 0.320 e. The predicted molar refractivity (Wildman–Crippen MR) is 261 cm³/mol. The van der Waals surface area contributed by atoms with E-state index < -0.39 is 29.1 Å². The van der Waals surface area contributed by atoms with Gasteiger partial charge in [-0.15, -0.1) is 0 Å². The van der Waals surface area contributed by atoms with E-state index >= 15 is 0 Å². The summed E-state index contributed by atoms with van der Waals surface area (Å²) in [7, 11) is 11.9. The molecule has 8 rings (SSSR count). The number of anilines is 7. The Bertz CT molecular complexity index is 2890.